The van der Waals surface area contributed by atoms with E-state index in [9.17, 15) is 0 Å². The van der Waals surface area contributed by atoms with E-state index in [0.717, 1.165) is 24.8 Å². The highest BCUT2D eigenvalue weighted by molar-refractivity contribution is 7.15. The van der Waals surface area contributed by atoms with Gasteiger partial charge in [-0.15, -0.1) is 11.3 Å². The molecule has 0 aliphatic heterocycles. The van der Waals surface area contributed by atoms with Gasteiger partial charge in [0.15, 0.2) is 5.13 Å². The second-order valence-corrected chi connectivity index (χ2v) is 5.63. The Labute approximate surface area is 109 Å². The zero-order chi connectivity index (χ0) is 12.8. The van der Waals surface area contributed by atoms with Crippen LogP contribution in [0.5, 0.6) is 0 Å². The van der Waals surface area contributed by atoms with Crippen molar-refractivity contribution in [2.24, 2.45) is 0 Å². The fraction of sp³-hybridized carbons (Fsp3) is 0.750. The molecule has 0 fully saturated rings. The molecule has 1 unspecified atom stereocenters. The summed E-state index contributed by atoms with van der Waals surface area (Å²) < 4.78 is 0. The number of rotatable bonds is 7. The molecule has 1 aromatic rings. The van der Waals surface area contributed by atoms with Gasteiger partial charge < -0.3 is 15.1 Å². The van der Waals surface area contributed by atoms with Gasteiger partial charge in [-0.1, -0.05) is 0 Å². The van der Waals surface area contributed by atoms with Gasteiger partial charge in [-0.3, -0.25) is 0 Å². The van der Waals surface area contributed by atoms with Crippen molar-refractivity contribution < 1.29 is 0 Å². The molecule has 0 saturated carbocycles. The first-order valence-corrected chi connectivity index (χ1v) is 6.90. The Morgan fingerprint density at radius 2 is 2.18 bits per heavy atom. The lowest BCUT2D eigenvalue weighted by Crippen LogP contribution is -2.40. The quantitative estimate of drug-likeness (QED) is 0.803. The average molecular weight is 256 g/mol. The Morgan fingerprint density at radius 3 is 2.71 bits per heavy atom. The molecule has 0 aromatic carbocycles. The number of nitrogens with zero attached hydrogens (tertiary/aromatic N) is 3. The summed E-state index contributed by atoms with van der Waals surface area (Å²) in [7, 11) is 6.18. The second-order valence-electron chi connectivity index (χ2n) is 4.54. The summed E-state index contributed by atoms with van der Waals surface area (Å²) in [6.45, 7) is 7.39. The number of hydrogen-bond acceptors (Lipinski definition) is 5. The molecule has 98 valence electrons. The van der Waals surface area contributed by atoms with Crippen molar-refractivity contribution in [2.75, 3.05) is 39.1 Å². The molecule has 1 N–H and O–H groups in total. The van der Waals surface area contributed by atoms with Crippen molar-refractivity contribution >= 4 is 16.5 Å². The molecule has 0 radical (unpaired) electrons. The predicted octanol–water partition coefficient (Wildman–Crippen LogP) is 1.64. The highest BCUT2D eigenvalue weighted by Crippen LogP contribution is 2.24. The lowest BCUT2D eigenvalue weighted by atomic mass is 10.3. The van der Waals surface area contributed by atoms with Gasteiger partial charge in [0.2, 0.25) is 0 Å². The lowest BCUT2D eigenvalue weighted by Gasteiger charge is -2.29. The average Bonchev–Trinajstić information content (AvgIpc) is 2.67. The molecule has 1 rings (SSSR count). The number of aromatic nitrogens is 1. The summed E-state index contributed by atoms with van der Waals surface area (Å²) >= 11 is 1.78. The third-order valence-corrected chi connectivity index (χ3v) is 3.67. The van der Waals surface area contributed by atoms with Crippen molar-refractivity contribution in [3.8, 4) is 0 Å². The molecule has 1 heterocycles. The van der Waals surface area contributed by atoms with Gasteiger partial charge in [0.25, 0.3) is 0 Å². The third-order valence-electron chi connectivity index (χ3n) is 2.64. The smallest absolute Gasteiger partial charge is 0.185 e. The minimum atomic E-state index is 0.489. The number of likely N-dealkylation sites (N-methyl/N-ethyl adjacent to an activating group) is 2. The standard InChI is InChI=1S/C12H24N4S/c1-6-16(10(2)9-15(4)5)12-14-8-11(17-12)7-13-3/h8,10,13H,6-7,9H2,1-5H3. The van der Waals surface area contributed by atoms with E-state index in [4.69, 9.17) is 0 Å². The summed E-state index contributed by atoms with van der Waals surface area (Å²) in [4.78, 5) is 10.4. The Kier molecular flexibility index (Phi) is 5.88. The summed E-state index contributed by atoms with van der Waals surface area (Å²) in [5.41, 5.74) is 0. The molecule has 0 spiro atoms. The van der Waals surface area contributed by atoms with Crippen LogP contribution in [0.3, 0.4) is 0 Å². The molecule has 1 aromatic heterocycles. The van der Waals surface area contributed by atoms with Crippen LogP contribution < -0.4 is 10.2 Å². The van der Waals surface area contributed by atoms with E-state index < -0.39 is 0 Å². The number of thiazole rings is 1. The van der Waals surface area contributed by atoms with Crippen LogP contribution in [0.25, 0.3) is 0 Å². The largest absolute Gasteiger partial charge is 0.344 e. The summed E-state index contributed by atoms with van der Waals surface area (Å²) in [6, 6.07) is 0.489. The zero-order valence-corrected chi connectivity index (χ0v) is 12.3. The SMILES string of the molecule is CCN(c1ncc(CNC)s1)C(C)CN(C)C. The summed E-state index contributed by atoms with van der Waals surface area (Å²) in [5.74, 6) is 0. The van der Waals surface area contributed by atoms with Gasteiger partial charge in [-0.25, -0.2) is 4.98 Å². The van der Waals surface area contributed by atoms with Crippen LogP contribution >= 0.6 is 11.3 Å². The number of nitrogens with one attached hydrogen (secondary N) is 1. The monoisotopic (exact) mass is 256 g/mol. The van der Waals surface area contributed by atoms with Crippen LogP contribution in [-0.2, 0) is 6.54 Å². The molecule has 4 nitrogen and oxygen atoms in total. The maximum absolute atomic E-state index is 4.52. The number of hydrogen-bond donors (Lipinski definition) is 1. The van der Waals surface area contributed by atoms with Crippen molar-refractivity contribution in [1.29, 1.82) is 0 Å². The highest BCUT2D eigenvalue weighted by Gasteiger charge is 2.16. The molecule has 1 atom stereocenters. The summed E-state index contributed by atoms with van der Waals surface area (Å²) in [5, 5.41) is 4.29. The van der Waals surface area contributed by atoms with Gasteiger partial charge in [0, 0.05) is 36.8 Å². The first-order chi connectivity index (χ1) is 8.08. The molecule has 17 heavy (non-hydrogen) atoms. The minimum Gasteiger partial charge on any atom is -0.344 e. The van der Waals surface area contributed by atoms with Crippen LogP contribution in [0.1, 0.15) is 18.7 Å². The van der Waals surface area contributed by atoms with Crippen molar-refractivity contribution in [2.45, 2.75) is 26.4 Å². The Morgan fingerprint density at radius 1 is 1.47 bits per heavy atom. The molecule has 0 amide bonds. The fourth-order valence-corrected chi connectivity index (χ4v) is 3.04. The molecular formula is C12H24N4S. The second kappa shape index (κ2) is 6.93. The van der Waals surface area contributed by atoms with Gasteiger partial charge in [0.1, 0.15) is 0 Å². The fourth-order valence-electron chi connectivity index (χ4n) is 1.95. The topological polar surface area (TPSA) is 31.4 Å². The minimum absolute atomic E-state index is 0.489. The Hall–Kier alpha value is -0.650. The van der Waals surface area contributed by atoms with Crippen LogP contribution in [0.15, 0.2) is 6.20 Å². The van der Waals surface area contributed by atoms with Gasteiger partial charge in [0.05, 0.1) is 0 Å². The van der Waals surface area contributed by atoms with E-state index in [-0.39, 0.29) is 0 Å². The van der Waals surface area contributed by atoms with E-state index in [1.165, 1.54) is 4.88 Å². The molecule has 0 aliphatic rings. The molecule has 5 heteroatoms. The van der Waals surface area contributed by atoms with Crippen LogP contribution in [0.2, 0.25) is 0 Å². The van der Waals surface area contributed by atoms with Crippen LogP contribution in [-0.4, -0.2) is 50.2 Å². The van der Waals surface area contributed by atoms with Crippen LogP contribution in [0.4, 0.5) is 5.13 Å². The first-order valence-electron chi connectivity index (χ1n) is 6.09. The normalized spacial score (nSPS) is 13.1. The Balaban J connectivity index is 2.71. The van der Waals surface area contributed by atoms with Crippen LogP contribution in [0, 0.1) is 0 Å². The predicted molar refractivity (Wildman–Crippen MR) is 75.9 cm³/mol. The molecule has 0 saturated heterocycles. The highest BCUT2D eigenvalue weighted by atomic mass is 32.1. The first kappa shape index (κ1) is 14.4. The molecule has 0 bridgehead atoms. The van der Waals surface area contributed by atoms with Crippen molar-refractivity contribution in [3.63, 3.8) is 0 Å². The molecule has 0 aliphatic carbocycles. The van der Waals surface area contributed by atoms with E-state index in [1.54, 1.807) is 11.3 Å². The van der Waals surface area contributed by atoms with Crippen molar-refractivity contribution in [3.05, 3.63) is 11.1 Å². The van der Waals surface area contributed by atoms with E-state index in [2.05, 4.69) is 48.0 Å². The maximum Gasteiger partial charge on any atom is 0.185 e. The molecular weight excluding hydrogens is 232 g/mol. The zero-order valence-electron chi connectivity index (χ0n) is 11.5. The lowest BCUT2D eigenvalue weighted by molar-refractivity contribution is 0.373. The van der Waals surface area contributed by atoms with Gasteiger partial charge in [-0.05, 0) is 35.0 Å². The Bertz CT molecular complexity index is 324. The summed E-state index contributed by atoms with van der Waals surface area (Å²) in [6.07, 6.45) is 1.97. The third kappa shape index (κ3) is 4.26. The van der Waals surface area contributed by atoms with Gasteiger partial charge in [-0.2, -0.15) is 0 Å². The van der Waals surface area contributed by atoms with Gasteiger partial charge >= 0.3 is 0 Å². The number of anilines is 1. The van der Waals surface area contributed by atoms with Crippen molar-refractivity contribution in [1.82, 2.24) is 15.2 Å². The maximum atomic E-state index is 4.52. The van der Waals surface area contributed by atoms with E-state index in [1.807, 2.05) is 13.2 Å². The van der Waals surface area contributed by atoms with E-state index in [0.29, 0.717) is 6.04 Å². The van der Waals surface area contributed by atoms with E-state index >= 15 is 0 Å².